The van der Waals surface area contributed by atoms with Crippen LogP contribution in [0.4, 0.5) is 0 Å². The van der Waals surface area contributed by atoms with Crippen molar-refractivity contribution in [1.82, 2.24) is 5.01 Å². The molecule has 1 heterocycles. The van der Waals surface area contributed by atoms with E-state index in [-0.39, 0.29) is 5.54 Å². The molecule has 1 aliphatic heterocycles. The van der Waals surface area contributed by atoms with Gasteiger partial charge >= 0.3 is 0 Å². The molecule has 1 saturated heterocycles. The Balaban J connectivity index is 2.43. The molecule has 4 nitrogen and oxygen atoms in total. The lowest BCUT2D eigenvalue weighted by Crippen LogP contribution is -2.68. The number of nitrogens with two attached hydrogens (primary N) is 1. The summed E-state index contributed by atoms with van der Waals surface area (Å²) in [7, 11) is -3.39. The number of rotatable bonds is 2. The molecule has 2 rings (SSSR count). The second-order valence-electron chi connectivity index (χ2n) is 7.22. The molecule has 0 aliphatic carbocycles. The van der Waals surface area contributed by atoms with Gasteiger partial charge in [-0.3, -0.25) is 5.84 Å². The second-order valence-corrected chi connectivity index (χ2v) is 9.35. The average Bonchev–Trinajstić information content (AvgIpc) is 2.36. The zero-order valence-electron chi connectivity index (χ0n) is 13.6. The SMILES string of the molecule is Cc1ccc(S(=O)(=O)C2CCC(C)(C)N(N)C2(C)C)cc1. The van der Waals surface area contributed by atoms with Crippen LogP contribution in [0.2, 0.25) is 0 Å². The molecule has 2 N–H and O–H groups in total. The van der Waals surface area contributed by atoms with E-state index in [2.05, 4.69) is 13.8 Å². The van der Waals surface area contributed by atoms with Crippen molar-refractivity contribution in [3.8, 4) is 0 Å². The van der Waals surface area contributed by atoms with Crippen LogP contribution in [-0.4, -0.2) is 29.8 Å². The molecule has 1 atom stereocenters. The number of piperidine rings is 1. The highest BCUT2D eigenvalue weighted by molar-refractivity contribution is 7.92. The van der Waals surface area contributed by atoms with Gasteiger partial charge in [-0.1, -0.05) is 17.7 Å². The van der Waals surface area contributed by atoms with Gasteiger partial charge in [-0.2, -0.15) is 0 Å². The van der Waals surface area contributed by atoms with E-state index < -0.39 is 20.6 Å². The minimum absolute atomic E-state index is 0.192. The van der Waals surface area contributed by atoms with Gasteiger partial charge in [0.25, 0.3) is 0 Å². The first-order valence-corrected chi connectivity index (χ1v) is 8.90. The maximum Gasteiger partial charge on any atom is 0.183 e. The molecule has 0 amide bonds. The maximum absolute atomic E-state index is 13.0. The lowest BCUT2D eigenvalue weighted by atomic mass is 9.81. The van der Waals surface area contributed by atoms with Gasteiger partial charge < -0.3 is 0 Å². The van der Waals surface area contributed by atoms with E-state index in [1.165, 1.54) is 0 Å². The predicted octanol–water partition coefficient (Wildman–Crippen LogP) is 2.66. The molecule has 5 heteroatoms. The van der Waals surface area contributed by atoms with Crippen LogP contribution < -0.4 is 5.84 Å². The van der Waals surface area contributed by atoms with E-state index in [0.717, 1.165) is 12.0 Å². The summed E-state index contributed by atoms with van der Waals surface area (Å²) in [5.74, 6) is 6.25. The van der Waals surface area contributed by atoms with E-state index in [0.29, 0.717) is 11.3 Å². The highest BCUT2D eigenvalue weighted by Gasteiger charge is 2.51. The number of hydrazine groups is 1. The molecule has 0 aromatic heterocycles. The number of hydrogen-bond acceptors (Lipinski definition) is 4. The van der Waals surface area contributed by atoms with E-state index in [1.807, 2.05) is 32.9 Å². The quantitative estimate of drug-likeness (QED) is 0.853. The summed E-state index contributed by atoms with van der Waals surface area (Å²) >= 11 is 0. The van der Waals surface area contributed by atoms with Crippen molar-refractivity contribution in [2.75, 3.05) is 0 Å². The third-order valence-corrected chi connectivity index (χ3v) is 7.29. The predicted molar refractivity (Wildman–Crippen MR) is 85.6 cm³/mol. The molecule has 0 saturated carbocycles. The van der Waals surface area contributed by atoms with Crippen LogP contribution >= 0.6 is 0 Å². The van der Waals surface area contributed by atoms with Crippen LogP contribution in [0.25, 0.3) is 0 Å². The van der Waals surface area contributed by atoms with Gasteiger partial charge in [0, 0.05) is 11.1 Å². The first-order chi connectivity index (χ1) is 9.49. The molecule has 1 fully saturated rings. The molecule has 0 radical (unpaired) electrons. The highest BCUT2D eigenvalue weighted by Crippen LogP contribution is 2.40. The van der Waals surface area contributed by atoms with Gasteiger partial charge in [0.2, 0.25) is 0 Å². The van der Waals surface area contributed by atoms with Crippen molar-refractivity contribution in [3.63, 3.8) is 0 Å². The third kappa shape index (κ3) is 2.74. The third-order valence-electron chi connectivity index (χ3n) is 4.80. The van der Waals surface area contributed by atoms with Crippen LogP contribution in [0.5, 0.6) is 0 Å². The first kappa shape index (κ1) is 16.5. The Kier molecular flexibility index (Phi) is 3.98. The topological polar surface area (TPSA) is 63.4 Å². The lowest BCUT2D eigenvalue weighted by Gasteiger charge is -2.53. The Morgan fingerprint density at radius 1 is 1.14 bits per heavy atom. The molecule has 21 heavy (non-hydrogen) atoms. The zero-order chi connectivity index (χ0) is 16.1. The molecule has 1 aromatic carbocycles. The standard InChI is InChI=1S/C16H26N2O2S/c1-12-6-8-13(9-7-12)21(19,20)14-10-11-15(2,3)18(17)16(14,4)5/h6-9,14H,10-11,17H2,1-5H3. The summed E-state index contributed by atoms with van der Waals surface area (Å²) in [5.41, 5.74) is 0.257. The monoisotopic (exact) mass is 310 g/mol. The Bertz CT molecular complexity index is 618. The van der Waals surface area contributed by atoms with E-state index >= 15 is 0 Å². The largest absolute Gasteiger partial charge is 0.268 e. The van der Waals surface area contributed by atoms with Gasteiger partial charge in [-0.25, -0.2) is 13.4 Å². The molecule has 1 unspecified atom stereocenters. The fraction of sp³-hybridized carbons (Fsp3) is 0.625. The van der Waals surface area contributed by atoms with Gasteiger partial charge in [-0.05, 0) is 59.6 Å². The smallest absolute Gasteiger partial charge is 0.183 e. The van der Waals surface area contributed by atoms with Crippen LogP contribution in [-0.2, 0) is 9.84 Å². The Morgan fingerprint density at radius 2 is 1.67 bits per heavy atom. The van der Waals surface area contributed by atoms with Crippen LogP contribution in [0.1, 0.15) is 46.1 Å². The van der Waals surface area contributed by atoms with Crippen molar-refractivity contribution >= 4 is 9.84 Å². The molecule has 1 aromatic rings. The van der Waals surface area contributed by atoms with E-state index in [1.54, 1.807) is 17.1 Å². The molecule has 1 aliphatic rings. The number of nitrogens with zero attached hydrogens (tertiary/aromatic N) is 1. The number of sulfone groups is 1. The number of benzene rings is 1. The Labute approximate surface area is 128 Å². The summed E-state index contributed by atoms with van der Waals surface area (Å²) in [5, 5.41) is 1.23. The van der Waals surface area contributed by atoms with Crippen LogP contribution in [0.3, 0.4) is 0 Å². The molecular formula is C16H26N2O2S. The van der Waals surface area contributed by atoms with Crippen molar-refractivity contribution < 1.29 is 8.42 Å². The molecule has 0 bridgehead atoms. The van der Waals surface area contributed by atoms with E-state index in [9.17, 15) is 8.42 Å². The number of aryl methyl sites for hydroxylation is 1. The Hall–Kier alpha value is -0.910. The first-order valence-electron chi connectivity index (χ1n) is 7.35. The van der Waals surface area contributed by atoms with Crippen LogP contribution in [0.15, 0.2) is 29.2 Å². The summed E-state index contributed by atoms with van der Waals surface area (Å²) < 4.78 is 26.0. The van der Waals surface area contributed by atoms with Crippen molar-refractivity contribution in [2.24, 2.45) is 5.84 Å². The van der Waals surface area contributed by atoms with Gasteiger partial charge in [0.15, 0.2) is 9.84 Å². The van der Waals surface area contributed by atoms with Crippen LogP contribution in [0, 0.1) is 6.92 Å². The summed E-state index contributed by atoms with van der Waals surface area (Å²) in [6.07, 6.45) is 1.40. The van der Waals surface area contributed by atoms with Crippen molar-refractivity contribution in [2.45, 2.75) is 68.7 Å². The second kappa shape index (κ2) is 5.07. The highest BCUT2D eigenvalue weighted by atomic mass is 32.2. The zero-order valence-corrected chi connectivity index (χ0v) is 14.4. The van der Waals surface area contributed by atoms with Crippen molar-refractivity contribution in [3.05, 3.63) is 29.8 Å². The van der Waals surface area contributed by atoms with Crippen molar-refractivity contribution in [1.29, 1.82) is 0 Å². The van der Waals surface area contributed by atoms with Gasteiger partial charge in [-0.15, -0.1) is 0 Å². The summed E-state index contributed by atoms with van der Waals surface area (Å²) in [6, 6.07) is 7.07. The normalized spacial score (nSPS) is 25.7. The Morgan fingerprint density at radius 3 is 2.19 bits per heavy atom. The van der Waals surface area contributed by atoms with E-state index in [4.69, 9.17) is 5.84 Å². The van der Waals surface area contributed by atoms with Gasteiger partial charge in [0.1, 0.15) is 0 Å². The molecular weight excluding hydrogens is 284 g/mol. The minimum Gasteiger partial charge on any atom is -0.268 e. The van der Waals surface area contributed by atoms with Gasteiger partial charge in [0.05, 0.1) is 10.1 Å². The summed E-state index contributed by atoms with van der Waals surface area (Å²) in [6.45, 7) is 9.91. The summed E-state index contributed by atoms with van der Waals surface area (Å²) in [4.78, 5) is 0.388. The fourth-order valence-electron chi connectivity index (χ4n) is 3.32. The lowest BCUT2D eigenvalue weighted by molar-refractivity contribution is -0.0248. The maximum atomic E-state index is 13.0. The minimum atomic E-state index is -3.39. The molecule has 0 spiro atoms. The average molecular weight is 310 g/mol. The fourth-order valence-corrected chi connectivity index (χ4v) is 5.47. The molecule has 118 valence electrons. The number of hydrogen-bond donors (Lipinski definition) is 1.